The number of hydrogen-bond donors (Lipinski definition) is 4. The van der Waals surface area contributed by atoms with E-state index in [0.29, 0.717) is 29.4 Å². The molecule has 0 fully saturated rings. The summed E-state index contributed by atoms with van der Waals surface area (Å²) in [6, 6.07) is 6.47. The summed E-state index contributed by atoms with van der Waals surface area (Å²) in [5.74, 6) is 0. The number of H-pyrrole nitrogens is 1. The zero-order valence-electron chi connectivity index (χ0n) is 9.84. The Balaban J connectivity index is 2.51. The Bertz CT molecular complexity index is 594. The summed E-state index contributed by atoms with van der Waals surface area (Å²) in [5, 5.41) is 20.4. The maximum atomic E-state index is 11.7. The maximum Gasteiger partial charge on any atom is 0.189 e. The van der Waals surface area contributed by atoms with E-state index in [2.05, 4.69) is 4.98 Å². The molecule has 1 heterocycles. The van der Waals surface area contributed by atoms with Crippen LogP contribution in [0.25, 0.3) is 10.9 Å². The molecule has 18 heavy (non-hydrogen) atoms. The lowest BCUT2D eigenvalue weighted by Crippen LogP contribution is -2.22. The third kappa shape index (κ3) is 2.28. The molecule has 0 saturated carbocycles. The molecule has 2 atom stereocenters. The second kappa shape index (κ2) is 5.30. The first-order valence-electron chi connectivity index (χ1n) is 5.81. The molecule has 1 aromatic carbocycles. The van der Waals surface area contributed by atoms with E-state index >= 15 is 0 Å². The Morgan fingerprint density at radius 3 is 2.78 bits per heavy atom. The first-order chi connectivity index (χ1) is 8.65. The van der Waals surface area contributed by atoms with Crippen LogP contribution in [0.5, 0.6) is 0 Å². The fourth-order valence-electron chi connectivity index (χ4n) is 2.01. The summed E-state index contributed by atoms with van der Waals surface area (Å²) in [7, 11) is 0. The third-order valence-corrected chi connectivity index (χ3v) is 2.97. The van der Waals surface area contributed by atoms with Crippen LogP contribution in [0, 0.1) is 0 Å². The molecule has 2 unspecified atom stereocenters. The number of aliphatic hydroxyl groups is 2. The molecule has 0 aliphatic rings. The van der Waals surface area contributed by atoms with E-state index in [9.17, 15) is 15.0 Å². The van der Waals surface area contributed by atoms with Crippen LogP contribution >= 0.6 is 0 Å². The Morgan fingerprint density at radius 2 is 2.06 bits per heavy atom. The van der Waals surface area contributed by atoms with Gasteiger partial charge in [0.15, 0.2) is 5.43 Å². The molecular formula is C13H16N2O3. The summed E-state index contributed by atoms with van der Waals surface area (Å²) >= 11 is 0. The SMILES string of the molecule is NCCC(O)C(O)c1cccc2c(=O)cc[nH]c12. The molecule has 0 aliphatic carbocycles. The van der Waals surface area contributed by atoms with Crippen molar-refractivity contribution in [2.24, 2.45) is 5.73 Å². The van der Waals surface area contributed by atoms with E-state index in [-0.39, 0.29) is 5.43 Å². The Morgan fingerprint density at radius 1 is 1.28 bits per heavy atom. The fourth-order valence-corrected chi connectivity index (χ4v) is 2.01. The number of aromatic amines is 1. The van der Waals surface area contributed by atoms with Gasteiger partial charge in [-0.2, -0.15) is 0 Å². The molecule has 0 bridgehead atoms. The van der Waals surface area contributed by atoms with Gasteiger partial charge in [-0.3, -0.25) is 4.79 Å². The van der Waals surface area contributed by atoms with Crippen LogP contribution in [-0.2, 0) is 0 Å². The quantitative estimate of drug-likeness (QED) is 0.624. The second-order valence-corrected chi connectivity index (χ2v) is 4.20. The highest BCUT2D eigenvalue weighted by molar-refractivity contribution is 5.81. The Kier molecular flexibility index (Phi) is 3.76. The highest BCUT2D eigenvalue weighted by Crippen LogP contribution is 2.24. The van der Waals surface area contributed by atoms with Gasteiger partial charge in [0, 0.05) is 23.2 Å². The number of benzene rings is 1. The molecule has 2 rings (SSSR count). The zero-order valence-corrected chi connectivity index (χ0v) is 9.84. The first kappa shape index (κ1) is 12.8. The van der Waals surface area contributed by atoms with E-state index in [1.165, 1.54) is 12.3 Å². The lowest BCUT2D eigenvalue weighted by molar-refractivity contribution is 0.0158. The van der Waals surface area contributed by atoms with Gasteiger partial charge in [0.25, 0.3) is 0 Å². The summed E-state index contributed by atoms with van der Waals surface area (Å²) in [6.45, 7) is 0.291. The Labute approximate surface area is 104 Å². The van der Waals surface area contributed by atoms with Crippen molar-refractivity contribution in [1.82, 2.24) is 4.98 Å². The number of nitrogens with one attached hydrogen (secondary N) is 1. The van der Waals surface area contributed by atoms with Gasteiger partial charge in [-0.1, -0.05) is 12.1 Å². The van der Waals surface area contributed by atoms with Gasteiger partial charge in [-0.05, 0) is 19.0 Å². The van der Waals surface area contributed by atoms with Crippen LogP contribution in [0.4, 0.5) is 0 Å². The van der Waals surface area contributed by atoms with Crippen molar-refractivity contribution in [1.29, 1.82) is 0 Å². The average Bonchev–Trinajstić information content (AvgIpc) is 2.38. The van der Waals surface area contributed by atoms with Crippen LogP contribution in [0.1, 0.15) is 18.1 Å². The highest BCUT2D eigenvalue weighted by Gasteiger charge is 2.20. The monoisotopic (exact) mass is 248 g/mol. The molecule has 0 amide bonds. The summed E-state index contributed by atoms with van der Waals surface area (Å²) in [4.78, 5) is 14.6. The van der Waals surface area contributed by atoms with E-state index in [0.717, 1.165) is 0 Å². The molecule has 0 radical (unpaired) electrons. The molecule has 5 heteroatoms. The topological polar surface area (TPSA) is 99.3 Å². The smallest absolute Gasteiger partial charge is 0.189 e. The zero-order chi connectivity index (χ0) is 13.1. The van der Waals surface area contributed by atoms with Crippen molar-refractivity contribution in [3.63, 3.8) is 0 Å². The van der Waals surface area contributed by atoms with Gasteiger partial charge in [-0.15, -0.1) is 0 Å². The van der Waals surface area contributed by atoms with E-state index < -0.39 is 12.2 Å². The lowest BCUT2D eigenvalue weighted by Gasteiger charge is -2.18. The van der Waals surface area contributed by atoms with Gasteiger partial charge in [0.05, 0.1) is 11.6 Å². The number of aromatic nitrogens is 1. The van der Waals surface area contributed by atoms with Gasteiger partial charge in [0.2, 0.25) is 0 Å². The lowest BCUT2D eigenvalue weighted by atomic mass is 9.99. The van der Waals surface area contributed by atoms with Crippen LogP contribution in [0.3, 0.4) is 0 Å². The Hall–Kier alpha value is -1.69. The molecule has 0 spiro atoms. The number of aliphatic hydroxyl groups excluding tert-OH is 2. The number of rotatable bonds is 4. The number of para-hydroxylation sites is 1. The number of nitrogens with two attached hydrogens (primary N) is 1. The van der Waals surface area contributed by atoms with E-state index in [4.69, 9.17) is 5.73 Å². The van der Waals surface area contributed by atoms with Crippen LogP contribution in [0.2, 0.25) is 0 Å². The van der Waals surface area contributed by atoms with Crippen LogP contribution in [0.15, 0.2) is 35.3 Å². The third-order valence-electron chi connectivity index (χ3n) is 2.97. The average molecular weight is 248 g/mol. The molecular weight excluding hydrogens is 232 g/mol. The van der Waals surface area contributed by atoms with Crippen molar-refractivity contribution < 1.29 is 10.2 Å². The minimum Gasteiger partial charge on any atom is -0.390 e. The summed E-state index contributed by atoms with van der Waals surface area (Å²) in [6.07, 6.45) is -0.176. The van der Waals surface area contributed by atoms with Gasteiger partial charge < -0.3 is 20.9 Å². The number of pyridine rings is 1. The number of fused-ring (bicyclic) bond motifs is 1. The number of hydrogen-bond acceptors (Lipinski definition) is 4. The molecule has 2 aromatic rings. The predicted molar refractivity (Wildman–Crippen MR) is 69.2 cm³/mol. The molecule has 0 saturated heterocycles. The van der Waals surface area contributed by atoms with Crippen molar-refractivity contribution in [2.75, 3.05) is 6.54 Å². The van der Waals surface area contributed by atoms with Crippen molar-refractivity contribution >= 4 is 10.9 Å². The normalized spacial score (nSPS) is 14.6. The predicted octanol–water partition coefficient (Wildman–Crippen LogP) is 0.271. The van der Waals surface area contributed by atoms with Gasteiger partial charge in [0.1, 0.15) is 6.10 Å². The van der Waals surface area contributed by atoms with Gasteiger partial charge >= 0.3 is 0 Å². The molecule has 0 aliphatic heterocycles. The maximum absolute atomic E-state index is 11.7. The minimum absolute atomic E-state index is 0.119. The molecule has 5 N–H and O–H groups in total. The van der Waals surface area contributed by atoms with Gasteiger partial charge in [-0.25, -0.2) is 0 Å². The second-order valence-electron chi connectivity index (χ2n) is 4.20. The minimum atomic E-state index is -1.06. The van der Waals surface area contributed by atoms with Crippen LogP contribution in [-0.4, -0.2) is 27.8 Å². The van der Waals surface area contributed by atoms with E-state index in [1.807, 2.05) is 0 Å². The van der Waals surface area contributed by atoms with Crippen molar-refractivity contribution in [3.05, 3.63) is 46.2 Å². The first-order valence-corrected chi connectivity index (χ1v) is 5.81. The highest BCUT2D eigenvalue weighted by atomic mass is 16.3. The largest absolute Gasteiger partial charge is 0.390 e. The standard InChI is InChI=1S/C13H16N2O3/c14-6-4-11(17)13(18)9-3-1-2-8-10(16)5-7-15-12(8)9/h1-3,5,7,11,13,17-18H,4,6,14H2,(H,15,16). The van der Waals surface area contributed by atoms with Crippen molar-refractivity contribution in [2.45, 2.75) is 18.6 Å². The van der Waals surface area contributed by atoms with E-state index in [1.54, 1.807) is 18.2 Å². The summed E-state index contributed by atoms with van der Waals surface area (Å²) in [5.41, 5.74) is 6.29. The summed E-state index contributed by atoms with van der Waals surface area (Å²) < 4.78 is 0. The molecule has 96 valence electrons. The van der Waals surface area contributed by atoms with Crippen molar-refractivity contribution in [3.8, 4) is 0 Å². The molecule has 5 nitrogen and oxygen atoms in total. The van der Waals surface area contributed by atoms with Crippen LogP contribution < -0.4 is 11.2 Å². The fraction of sp³-hybridized carbons (Fsp3) is 0.308. The molecule has 1 aromatic heterocycles.